The van der Waals surface area contributed by atoms with Crippen molar-refractivity contribution in [2.75, 3.05) is 10.7 Å². The lowest BCUT2D eigenvalue weighted by atomic mass is 10.2. The molecule has 27 heavy (non-hydrogen) atoms. The van der Waals surface area contributed by atoms with Crippen LogP contribution in [0.25, 0.3) is 10.9 Å². The quantitative estimate of drug-likeness (QED) is 0.602. The van der Waals surface area contributed by atoms with Crippen LogP contribution in [-0.2, 0) is 6.42 Å². The van der Waals surface area contributed by atoms with Gasteiger partial charge in [0.25, 0.3) is 5.56 Å². The minimum Gasteiger partial charge on any atom is -0.397 e. The summed E-state index contributed by atoms with van der Waals surface area (Å²) in [6.45, 7) is 4.18. The van der Waals surface area contributed by atoms with Crippen molar-refractivity contribution >= 4 is 34.0 Å². The molecule has 0 spiro atoms. The summed E-state index contributed by atoms with van der Waals surface area (Å²) >= 11 is 5.99. The summed E-state index contributed by atoms with van der Waals surface area (Å²) < 4.78 is 0. The first kappa shape index (κ1) is 17.5. The van der Waals surface area contributed by atoms with Crippen LogP contribution in [0.1, 0.15) is 25.2 Å². The molecule has 138 valence electrons. The number of aromatic amines is 1. The second-order valence-corrected chi connectivity index (χ2v) is 7.11. The van der Waals surface area contributed by atoms with Crippen LogP contribution in [-0.4, -0.2) is 21.0 Å². The fourth-order valence-electron chi connectivity index (χ4n) is 2.96. The third-order valence-electron chi connectivity index (χ3n) is 4.65. The molecule has 0 saturated carbocycles. The minimum absolute atomic E-state index is 0.239. The molecule has 1 aromatic carbocycles. The van der Waals surface area contributed by atoms with Crippen molar-refractivity contribution in [3.63, 3.8) is 0 Å². The Hall–Kier alpha value is -2.90. The van der Waals surface area contributed by atoms with Crippen molar-refractivity contribution in [2.45, 2.75) is 26.3 Å². The molecule has 0 radical (unpaired) electrons. The summed E-state index contributed by atoms with van der Waals surface area (Å²) in [6, 6.07) is 7.35. The van der Waals surface area contributed by atoms with E-state index < -0.39 is 0 Å². The number of nitrogens with zero attached hydrogens (tertiary/aromatic N) is 3. The minimum atomic E-state index is -0.239. The number of nitrogen functional groups attached to an aromatic ring is 1. The molecule has 3 heterocycles. The number of rotatable bonds is 3. The Morgan fingerprint density at radius 1 is 1.33 bits per heavy atom. The van der Waals surface area contributed by atoms with E-state index in [2.05, 4.69) is 34.2 Å². The molecule has 0 fully saturated rings. The third kappa shape index (κ3) is 3.39. The molecular weight excluding hydrogens is 364 g/mol. The third-order valence-corrected chi connectivity index (χ3v) is 4.98. The molecule has 0 aliphatic carbocycles. The number of hydrazine groups is 1. The molecule has 8 heteroatoms. The summed E-state index contributed by atoms with van der Waals surface area (Å²) in [5.41, 5.74) is 12.0. The van der Waals surface area contributed by atoms with E-state index in [1.807, 2.05) is 23.3 Å². The fourth-order valence-corrected chi connectivity index (χ4v) is 3.12. The van der Waals surface area contributed by atoms with Gasteiger partial charge in [-0.2, -0.15) is 0 Å². The molecule has 1 unspecified atom stereocenters. The van der Waals surface area contributed by atoms with Gasteiger partial charge in [-0.25, -0.2) is 15.4 Å². The van der Waals surface area contributed by atoms with Gasteiger partial charge in [-0.15, -0.1) is 0 Å². The monoisotopic (exact) mass is 382 g/mol. The first-order valence-corrected chi connectivity index (χ1v) is 8.95. The Labute approximate surface area is 160 Å². The molecule has 3 aromatic rings. The van der Waals surface area contributed by atoms with Crippen molar-refractivity contribution in [1.29, 1.82) is 0 Å². The molecule has 0 bridgehead atoms. The van der Waals surface area contributed by atoms with Crippen LogP contribution in [0.2, 0.25) is 5.02 Å². The first-order valence-electron chi connectivity index (χ1n) is 8.57. The second-order valence-electron chi connectivity index (χ2n) is 6.70. The van der Waals surface area contributed by atoms with Crippen LogP contribution in [0.3, 0.4) is 0 Å². The van der Waals surface area contributed by atoms with E-state index in [0.29, 0.717) is 39.9 Å². The number of nitrogens with two attached hydrogens (primary N) is 1. The molecular formula is C19H19ClN6O. The molecule has 4 N–H and O–H groups in total. The lowest BCUT2D eigenvalue weighted by molar-refractivity contribution is 0.659. The molecule has 0 amide bonds. The lowest BCUT2D eigenvalue weighted by Crippen LogP contribution is -2.34. The SMILES string of the molecule is CC1=CN(c2ccc(Cc3nc4cc(N)c(Cl)cc4c(=O)[nH]3)cn2)NC1C. The number of anilines is 2. The summed E-state index contributed by atoms with van der Waals surface area (Å²) in [4.78, 5) is 24.1. The van der Waals surface area contributed by atoms with Gasteiger partial charge in [0.05, 0.1) is 21.6 Å². The Morgan fingerprint density at radius 3 is 2.81 bits per heavy atom. The fraction of sp³-hybridized carbons (Fsp3) is 0.211. The average molecular weight is 383 g/mol. The van der Waals surface area contributed by atoms with Gasteiger partial charge in [0.2, 0.25) is 0 Å². The predicted molar refractivity (Wildman–Crippen MR) is 108 cm³/mol. The first-order chi connectivity index (χ1) is 12.9. The van der Waals surface area contributed by atoms with Gasteiger partial charge in [0, 0.05) is 24.9 Å². The maximum atomic E-state index is 12.3. The Bertz CT molecular complexity index is 1110. The highest BCUT2D eigenvalue weighted by atomic mass is 35.5. The van der Waals surface area contributed by atoms with E-state index in [1.54, 1.807) is 12.3 Å². The number of benzene rings is 1. The summed E-state index contributed by atoms with van der Waals surface area (Å²) in [7, 11) is 0. The molecule has 7 nitrogen and oxygen atoms in total. The lowest BCUT2D eigenvalue weighted by Gasteiger charge is -2.17. The zero-order valence-electron chi connectivity index (χ0n) is 15.0. The van der Waals surface area contributed by atoms with Gasteiger partial charge in [0.1, 0.15) is 11.6 Å². The molecule has 1 aliphatic heterocycles. The number of nitrogens with one attached hydrogen (secondary N) is 2. The molecule has 2 aromatic heterocycles. The number of hydrogen-bond donors (Lipinski definition) is 3. The van der Waals surface area contributed by atoms with Crippen LogP contribution >= 0.6 is 11.6 Å². The van der Waals surface area contributed by atoms with E-state index in [0.717, 1.165) is 11.4 Å². The summed E-state index contributed by atoms with van der Waals surface area (Å²) in [5.74, 6) is 1.36. The van der Waals surface area contributed by atoms with Gasteiger partial charge in [-0.05, 0) is 43.2 Å². The number of hydrogen-bond acceptors (Lipinski definition) is 6. The zero-order chi connectivity index (χ0) is 19.1. The number of pyridine rings is 1. The van der Waals surface area contributed by atoms with Crippen molar-refractivity contribution in [2.24, 2.45) is 0 Å². The maximum Gasteiger partial charge on any atom is 0.258 e. The van der Waals surface area contributed by atoms with Crippen LogP contribution in [0.15, 0.2) is 47.0 Å². The van der Waals surface area contributed by atoms with Gasteiger partial charge in [-0.1, -0.05) is 17.7 Å². The average Bonchev–Trinajstić information content (AvgIpc) is 2.96. The van der Waals surface area contributed by atoms with E-state index in [9.17, 15) is 4.79 Å². The number of fused-ring (bicyclic) bond motifs is 1. The van der Waals surface area contributed by atoms with E-state index in [4.69, 9.17) is 17.3 Å². The molecule has 1 atom stereocenters. The van der Waals surface area contributed by atoms with Crippen molar-refractivity contribution in [3.05, 3.63) is 69.0 Å². The zero-order valence-corrected chi connectivity index (χ0v) is 15.7. The number of aromatic nitrogens is 3. The van der Waals surface area contributed by atoms with Gasteiger partial charge >= 0.3 is 0 Å². The molecule has 4 rings (SSSR count). The smallest absolute Gasteiger partial charge is 0.258 e. The van der Waals surface area contributed by atoms with Crippen molar-refractivity contribution < 1.29 is 0 Å². The van der Waals surface area contributed by atoms with E-state index in [1.165, 1.54) is 11.6 Å². The maximum absolute atomic E-state index is 12.3. The van der Waals surface area contributed by atoms with Crippen LogP contribution < -0.4 is 21.7 Å². The van der Waals surface area contributed by atoms with E-state index in [-0.39, 0.29) is 5.56 Å². The van der Waals surface area contributed by atoms with E-state index >= 15 is 0 Å². The number of H-pyrrole nitrogens is 1. The molecule has 0 saturated heterocycles. The molecule has 1 aliphatic rings. The standard InChI is InChI=1S/C19H19ClN6O/c1-10-9-26(25-11(10)2)18-4-3-12(8-22-18)5-17-23-16-7-15(21)14(20)6-13(16)19(27)24-17/h3-4,6-9,11,25H,5,21H2,1-2H3,(H,23,24,27). The Balaban J connectivity index is 1.59. The highest BCUT2D eigenvalue weighted by molar-refractivity contribution is 6.33. The van der Waals surface area contributed by atoms with Crippen LogP contribution in [0, 0.1) is 0 Å². The predicted octanol–water partition coefficient (Wildman–Crippen LogP) is 2.76. The largest absolute Gasteiger partial charge is 0.397 e. The van der Waals surface area contributed by atoms with Gasteiger partial charge in [-0.3, -0.25) is 9.80 Å². The summed E-state index contributed by atoms with van der Waals surface area (Å²) in [5, 5.41) is 2.67. The Morgan fingerprint density at radius 2 is 2.15 bits per heavy atom. The highest BCUT2D eigenvalue weighted by Gasteiger charge is 2.18. The van der Waals surface area contributed by atoms with Crippen molar-refractivity contribution in [3.8, 4) is 0 Å². The normalized spacial score (nSPS) is 16.8. The van der Waals surface area contributed by atoms with Gasteiger partial charge < -0.3 is 10.7 Å². The van der Waals surface area contributed by atoms with Crippen molar-refractivity contribution in [1.82, 2.24) is 20.4 Å². The second kappa shape index (κ2) is 6.68. The van der Waals surface area contributed by atoms with Gasteiger partial charge in [0.15, 0.2) is 0 Å². The Kier molecular flexibility index (Phi) is 4.33. The van der Waals surface area contributed by atoms with Crippen LogP contribution in [0.5, 0.6) is 0 Å². The van der Waals surface area contributed by atoms with Crippen LogP contribution in [0.4, 0.5) is 11.5 Å². The summed E-state index contributed by atoms with van der Waals surface area (Å²) in [6.07, 6.45) is 4.27. The number of halogens is 1. The highest BCUT2D eigenvalue weighted by Crippen LogP contribution is 2.23. The topological polar surface area (TPSA) is 99.9 Å².